The fraction of sp³-hybridized carbons (Fsp3) is 0.389. The van der Waals surface area contributed by atoms with Gasteiger partial charge in [-0.15, -0.1) is 0 Å². The van der Waals surface area contributed by atoms with E-state index in [-0.39, 0.29) is 11.9 Å². The van der Waals surface area contributed by atoms with Gasteiger partial charge in [-0.3, -0.25) is 9.48 Å². The summed E-state index contributed by atoms with van der Waals surface area (Å²) in [5.41, 5.74) is 1.38. The first-order chi connectivity index (χ1) is 12.1. The van der Waals surface area contributed by atoms with E-state index in [1.54, 1.807) is 24.1 Å². The number of benzene rings is 1. The molecule has 1 saturated heterocycles. The molecule has 7 nitrogen and oxygen atoms in total. The molecule has 25 heavy (non-hydrogen) atoms. The number of amides is 3. The summed E-state index contributed by atoms with van der Waals surface area (Å²) in [6, 6.07) is 9.39. The van der Waals surface area contributed by atoms with E-state index in [9.17, 15) is 9.59 Å². The Morgan fingerprint density at radius 3 is 2.56 bits per heavy atom. The van der Waals surface area contributed by atoms with Crippen molar-refractivity contribution in [2.75, 3.05) is 25.0 Å². The summed E-state index contributed by atoms with van der Waals surface area (Å²) in [7, 11) is 1.78. The molecule has 3 amide bonds. The zero-order valence-electron chi connectivity index (χ0n) is 14.3. The molecule has 132 valence electrons. The van der Waals surface area contributed by atoms with E-state index in [1.807, 2.05) is 35.2 Å². The highest BCUT2D eigenvalue weighted by Gasteiger charge is 2.23. The van der Waals surface area contributed by atoms with E-state index in [4.69, 9.17) is 0 Å². The van der Waals surface area contributed by atoms with Crippen LogP contribution in [0.4, 0.5) is 10.5 Å². The molecule has 0 aliphatic carbocycles. The first-order valence-corrected chi connectivity index (χ1v) is 8.49. The standard InChI is InChI=1S/C18H23N5O2/c1-22-13-15(12-20-22)17(24)19-11-14-7-9-23(10-8-14)18(25)21-16-5-3-2-4-6-16/h2-6,12-14H,7-11H2,1H3,(H,19,24)(H,21,25). The minimum absolute atomic E-state index is 0.0657. The lowest BCUT2D eigenvalue weighted by Crippen LogP contribution is -2.43. The molecule has 1 aliphatic rings. The Kier molecular flexibility index (Phi) is 5.33. The van der Waals surface area contributed by atoms with Gasteiger partial charge >= 0.3 is 6.03 Å². The molecular formula is C18H23N5O2. The predicted octanol–water partition coefficient (Wildman–Crippen LogP) is 2.09. The quantitative estimate of drug-likeness (QED) is 0.894. The van der Waals surface area contributed by atoms with Crippen LogP contribution in [-0.4, -0.2) is 46.3 Å². The van der Waals surface area contributed by atoms with Crippen LogP contribution in [-0.2, 0) is 7.05 Å². The van der Waals surface area contributed by atoms with Crippen molar-refractivity contribution >= 4 is 17.6 Å². The summed E-state index contributed by atoms with van der Waals surface area (Å²) in [5.74, 6) is 0.291. The number of rotatable bonds is 4. The third-order valence-corrected chi connectivity index (χ3v) is 4.45. The molecule has 7 heteroatoms. The molecule has 0 saturated carbocycles. The van der Waals surface area contributed by atoms with Gasteiger partial charge in [-0.05, 0) is 30.9 Å². The number of hydrogen-bond acceptors (Lipinski definition) is 3. The molecule has 2 heterocycles. The summed E-state index contributed by atoms with van der Waals surface area (Å²) in [5, 5.41) is 9.86. The number of urea groups is 1. The van der Waals surface area contributed by atoms with Crippen LogP contribution in [0.25, 0.3) is 0 Å². The topological polar surface area (TPSA) is 79.3 Å². The lowest BCUT2D eigenvalue weighted by molar-refractivity contribution is 0.0938. The van der Waals surface area contributed by atoms with E-state index in [2.05, 4.69) is 15.7 Å². The molecule has 1 aliphatic heterocycles. The van der Waals surface area contributed by atoms with Crippen molar-refractivity contribution in [1.82, 2.24) is 20.0 Å². The molecule has 0 atom stereocenters. The van der Waals surface area contributed by atoms with Crippen LogP contribution in [0.2, 0.25) is 0 Å². The minimum Gasteiger partial charge on any atom is -0.352 e. The summed E-state index contributed by atoms with van der Waals surface area (Å²) >= 11 is 0. The number of aryl methyl sites for hydroxylation is 1. The number of nitrogens with zero attached hydrogens (tertiary/aromatic N) is 3. The molecule has 0 radical (unpaired) electrons. The summed E-state index contributed by atoms with van der Waals surface area (Å²) in [4.78, 5) is 26.1. The van der Waals surface area contributed by atoms with Crippen molar-refractivity contribution in [1.29, 1.82) is 0 Å². The van der Waals surface area contributed by atoms with Crippen LogP contribution < -0.4 is 10.6 Å². The first kappa shape index (κ1) is 17.0. The maximum absolute atomic E-state index is 12.3. The second-order valence-electron chi connectivity index (χ2n) is 6.34. The molecule has 1 aromatic carbocycles. The number of carbonyl (C=O) groups is 2. The number of para-hydroxylation sites is 1. The monoisotopic (exact) mass is 341 g/mol. The molecule has 1 fully saturated rings. The Morgan fingerprint density at radius 2 is 1.92 bits per heavy atom. The van der Waals surface area contributed by atoms with Crippen molar-refractivity contribution in [3.8, 4) is 0 Å². The highest BCUT2D eigenvalue weighted by Crippen LogP contribution is 2.18. The number of nitrogens with one attached hydrogen (secondary N) is 2. The molecule has 3 rings (SSSR count). The van der Waals surface area contributed by atoms with Gasteiger partial charge in [0.2, 0.25) is 0 Å². The summed E-state index contributed by atoms with van der Waals surface area (Å²) < 4.78 is 1.61. The maximum Gasteiger partial charge on any atom is 0.321 e. The maximum atomic E-state index is 12.3. The number of anilines is 1. The summed E-state index contributed by atoms with van der Waals surface area (Å²) in [6.45, 7) is 2.03. The van der Waals surface area contributed by atoms with Crippen molar-refractivity contribution < 1.29 is 9.59 Å². The van der Waals surface area contributed by atoms with E-state index in [0.717, 1.165) is 18.5 Å². The molecule has 0 bridgehead atoms. The smallest absolute Gasteiger partial charge is 0.321 e. The van der Waals surface area contributed by atoms with Gasteiger partial charge in [0.05, 0.1) is 11.8 Å². The number of hydrogen-bond donors (Lipinski definition) is 2. The predicted molar refractivity (Wildman–Crippen MR) is 95.3 cm³/mol. The highest BCUT2D eigenvalue weighted by atomic mass is 16.2. The molecular weight excluding hydrogens is 318 g/mol. The number of likely N-dealkylation sites (tertiary alicyclic amines) is 1. The Bertz CT molecular complexity index is 720. The zero-order valence-corrected chi connectivity index (χ0v) is 14.3. The Labute approximate surface area is 147 Å². The average Bonchev–Trinajstić information content (AvgIpc) is 3.07. The van der Waals surface area contributed by atoms with Gasteiger partial charge in [0.25, 0.3) is 5.91 Å². The Morgan fingerprint density at radius 1 is 1.20 bits per heavy atom. The summed E-state index contributed by atoms with van der Waals surface area (Å²) in [6.07, 6.45) is 5.03. The second-order valence-corrected chi connectivity index (χ2v) is 6.34. The fourth-order valence-electron chi connectivity index (χ4n) is 2.94. The van der Waals surface area contributed by atoms with E-state index < -0.39 is 0 Å². The van der Waals surface area contributed by atoms with E-state index in [1.165, 1.54) is 0 Å². The lowest BCUT2D eigenvalue weighted by atomic mass is 9.97. The largest absolute Gasteiger partial charge is 0.352 e. The molecule has 0 spiro atoms. The van der Waals surface area contributed by atoms with Gasteiger partial charge in [0.1, 0.15) is 0 Å². The van der Waals surface area contributed by atoms with Crippen LogP contribution in [0, 0.1) is 5.92 Å². The van der Waals surface area contributed by atoms with Crippen molar-refractivity contribution in [3.63, 3.8) is 0 Å². The van der Waals surface area contributed by atoms with Gasteiger partial charge < -0.3 is 15.5 Å². The number of carbonyl (C=O) groups excluding carboxylic acids is 2. The first-order valence-electron chi connectivity index (χ1n) is 8.49. The third-order valence-electron chi connectivity index (χ3n) is 4.45. The molecule has 1 aromatic heterocycles. The van der Waals surface area contributed by atoms with Crippen molar-refractivity contribution in [2.24, 2.45) is 13.0 Å². The zero-order chi connectivity index (χ0) is 17.6. The lowest BCUT2D eigenvalue weighted by Gasteiger charge is -2.32. The van der Waals surface area contributed by atoms with Gasteiger partial charge in [-0.1, -0.05) is 18.2 Å². The van der Waals surface area contributed by atoms with Crippen LogP contribution in [0.1, 0.15) is 23.2 Å². The normalized spacial score (nSPS) is 15.0. The van der Waals surface area contributed by atoms with Crippen molar-refractivity contribution in [2.45, 2.75) is 12.8 Å². The van der Waals surface area contributed by atoms with E-state index in [0.29, 0.717) is 31.1 Å². The Hall–Kier alpha value is -2.83. The van der Waals surface area contributed by atoms with Crippen molar-refractivity contribution in [3.05, 3.63) is 48.3 Å². The highest BCUT2D eigenvalue weighted by molar-refractivity contribution is 5.93. The van der Waals surface area contributed by atoms with Crippen LogP contribution in [0.15, 0.2) is 42.7 Å². The van der Waals surface area contributed by atoms with Gasteiger partial charge in [-0.25, -0.2) is 4.79 Å². The van der Waals surface area contributed by atoms with E-state index >= 15 is 0 Å². The van der Waals surface area contributed by atoms with Gasteiger partial charge in [-0.2, -0.15) is 5.10 Å². The molecule has 2 N–H and O–H groups in total. The number of aromatic nitrogens is 2. The minimum atomic E-state index is -0.0997. The average molecular weight is 341 g/mol. The van der Waals surface area contributed by atoms with Crippen LogP contribution >= 0.6 is 0 Å². The second kappa shape index (κ2) is 7.83. The fourth-order valence-corrected chi connectivity index (χ4v) is 2.94. The molecule has 0 unspecified atom stereocenters. The number of piperidine rings is 1. The third kappa shape index (κ3) is 4.59. The van der Waals surface area contributed by atoms with Gasteiger partial charge in [0.15, 0.2) is 0 Å². The van der Waals surface area contributed by atoms with Gasteiger partial charge in [0, 0.05) is 38.6 Å². The molecule has 2 aromatic rings. The van der Waals surface area contributed by atoms with Crippen LogP contribution in [0.5, 0.6) is 0 Å². The Balaban J connectivity index is 1.41. The SMILES string of the molecule is Cn1cc(C(=O)NCC2CCN(C(=O)Nc3ccccc3)CC2)cn1. The van der Waals surface area contributed by atoms with Crippen LogP contribution in [0.3, 0.4) is 0 Å².